The Morgan fingerprint density at radius 2 is 1.77 bits per heavy atom. The maximum Gasteiger partial charge on any atom is 0.216 e. The van der Waals surface area contributed by atoms with Gasteiger partial charge >= 0.3 is 0 Å². The summed E-state index contributed by atoms with van der Waals surface area (Å²) in [4.78, 5) is 0. The van der Waals surface area contributed by atoms with Gasteiger partial charge in [0.1, 0.15) is 12.4 Å². The largest absolute Gasteiger partial charge is 0.484 e. The Bertz CT molecular complexity index is 1030. The van der Waals surface area contributed by atoms with Crippen LogP contribution in [0.5, 0.6) is 5.75 Å². The Morgan fingerprint density at radius 3 is 2.46 bits per heavy atom. The van der Waals surface area contributed by atoms with Crippen molar-refractivity contribution in [3.63, 3.8) is 0 Å². The number of halogens is 4. The summed E-state index contributed by atoms with van der Waals surface area (Å²) in [6.07, 6.45) is 1.56. The Kier molecular flexibility index (Phi) is 6.21. The lowest BCUT2D eigenvalue weighted by Gasteiger charge is -2.07. The molecule has 0 bridgehead atoms. The molecule has 3 aromatic rings. The molecule has 0 spiro atoms. The highest BCUT2D eigenvalue weighted by molar-refractivity contribution is 7.71. The van der Waals surface area contributed by atoms with Crippen molar-refractivity contribution in [2.75, 3.05) is 0 Å². The van der Waals surface area contributed by atoms with Crippen LogP contribution in [0, 0.1) is 4.77 Å². The third kappa shape index (κ3) is 4.58. The molecule has 1 N–H and O–H groups in total. The summed E-state index contributed by atoms with van der Waals surface area (Å²) in [7, 11) is 0. The molecule has 0 aliphatic heterocycles. The van der Waals surface area contributed by atoms with Crippen molar-refractivity contribution >= 4 is 64.8 Å². The van der Waals surface area contributed by atoms with E-state index in [1.165, 1.54) is 4.68 Å². The minimum absolute atomic E-state index is 0.0974. The molecule has 1 aromatic heterocycles. The van der Waals surface area contributed by atoms with E-state index in [9.17, 15) is 0 Å². The molecule has 0 saturated heterocycles. The van der Waals surface area contributed by atoms with Crippen LogP contribution in [0.2, 0.25) is 20.1 Å². The first-order valence-corrected chi connectivity index (χ1v) is 9.09. The van der Waals surface area contributed by atoms with Crippen LogP contribution < -0.4 is 4.74 Å². The van der Waals surface area contributed by atoms with E-state index in [1.807, 2.05) is 0 Å². The van der Waals surface area contributed by atoms with E-state index in [-0.39, 0.29) is 6.61 Å². The zero-order valence-electron chi connectivity index (χ0n) is 12.9. The van der Waals surface area contributed by atoms with Crippen LogP contribution in [0.1, 0.15) is 11.4 Å². The van der Waals surface area contributed by atoms with Gasteiger partial charge in [0.25, 0.3) is 0 Å². The highest BCUT2D eigenvalue weighted by atomic mass is 35.5. The average molecular weight is 448 g/mol. The van der Waals surface area contributed by atoms with E-state index in [0.29, 0.717) is 42.0 Å². The molecule has 0 saturated carbocycles. The molecule has 0 aliphatic carbocycles. The maximum absolute atomic E-state index is 6.14. The van der Waals surface area contributed by atoms with Gasteiger partial charge in [0, 0.05) is 15.6 Å². The van der Waals surface area contributed by atoms with E-state index in [1.54, 1.807) is 42.6 Å². The first-order chi connectivity index (χ1) is 12.4. The lowest BCUT2D eigenvalue weighted by molar-refractivity contribution is 0.291. The molecule has 1 heterocycles. The molecule has 5 nitrogen and oxygen atoms in total. The van der Waals surface area contributed by atoms with Gasteiger partial charge in [-0.05, 0) is 42.5 Å². The van der Waals surface area contributed by atoms with Crippen molar-refractivity contribution in [2.24, 2.45) is 5.10 Å². The van der Waals surface area contributed by atoms with E-state index >= 15 is 0 Å². The number of aromatic amines is 1. The van der Waals surface area contributed by atoms with E-state index in [2.05, 4.69) is 15.3 Å². The first-order valence-electron chi connectivity index (χ1n) is 7.17. The summed E-state index contributed by atoms with van der Waals surface area (Å²) >= 11 is 29.2. The normalized spacial score (nSPS) is 11.2. The van der Waals surface area contributed by atoms with Crippen LogP contribution in [0.3, 0.4) is 0 Å². The number of ether oxygens (including phenoxy) is 1. The number of hydrogen-bond donors (Lipinski definition) is 1. The number of nitrogens with zero attached hydrogens (tertiary/aromatic N) is 3. The third-order valence-corrected chi connectivity index (χ3v) is 4.60. The fraction of sp³-hybridized carbons (Fsp3) is 0.0625. The van der Waals surface area contributed by atoms with Gasteiger partial charge in [-0.25, -0.2) is 5.10 Å². The molecule has 26 heavy (non-hydrogen) atoms. The topological polar surface area (TPSA) is 55.2 Å². The van der Waals surface area contributed by atoms with Crippen LogP contribution in [0.15, 0.2) is 41.5 Å². The third-order valence-electron chi connectivity index (χ3n) is 3.24. The number of nitrogens with one attached hydrogen (secondary N) is 1. The van der Waals surface area contributed by atoms with Crippen LogP contribution in [-0.4, -0.2) is 21.1 Å². The minimum Gasteiger partial charge on any atom is -0.484 e. The first kappa shape index (κ1) is 19.2. The van der Waals surface area contributed by atoms with Crippen molar-refractivity contribution in [3.8, 4) is 5.75 Å². The van der Waals surface area contributed by atoms with Gasteiger partial charge in [-0.1, -0.05) is 52.5 Å². The number of aromatic nitrogens is 3. The molecule has 0 aliphatic rings. The predicted octanol–water partition coefficient (Wildman–Crippen LogP) is 6.02. The summed E-state index contributed by atoms with van der Waals surface area (Å²) in [5.41, 5.74) is 0.687. The molecule has 0 unspecified atom stereocenters. The number of rotatable bonds is 5. The van der Waals surface area contributed by atoms with E-state index in [4.69, 9.17) is 63.4 Å². The quantitative estimate of drug-likeness (QED) is 0.384. The number of benzene rings is 2. The zero-order valence-corrected chi connectivity index (χ0v) is 16.8. The molecular weight excluding hydrogens is 438 g/mol. The van der Waals surface area contributed by atoms with Gasteiger partial charge in [0.2, 0.25) is 4.77 Å². The SMILES string of the molecule is S=c1[nH]nc(COc2ccc(Cl)cc2Cl)n1/N=C/c1ccc(Cl)cc1Cl. The highest BCUT2D eigenvalue weighted by Gasteiger charge is 2.09. The monoisotopic (exact) mass is 446 g/mol. The predicted molar refractivity (Wildman–Crippen MR) is 108 cm³/mol. The van der Waals surface area contributed by atoms with Crippen molar-refractivity contribution in [3.05, 3.63) is 72.6 Å². The van der Waals surface area contributed by atoms with Crippen LogP contribution >= 0.6 is 58.6 Å². The van der Waals surface area contributed by atoms with Gasteiger partial charge < -0.3 is 4.74 Å². The van der Waals surface area contributed by atoms with Crippen molar-refractivity contribution in [1.82, 2.24) is 14.9 Å². The zero-order chi connectivity index (χ0) is 18.7. The standard InChI is InChI=1S/C16H10Cl4N4OS/c17-10-2-1-9(12(19)5-10)7-21-24-15(22-23-16(24)26)8-25-14-4-3-11(18)6-13(14)20/h1-7H,8H2,(H,23,26)/b21-7+. The minimum atomic E-state index is 0.0974. The maximum atomic E-state index is 6.14. The molecular formula is C16H10Cl4N4OS. The molecule has 2 aromatic carbocycles. The molecule has 134 valence electrons. The van der Waals surface area contributed by atoms with E-state index < -0.39 is 0 Å². The number of H-pyrrole nitrogens is 1. The van der Waals surface area contributed by atoms with Crippen molar-refractivity contribution in [1.29, 1.82) is 0 Å². The second-order valence-electron chi connectivity index (χ2n) is 5.03. The summed E-state index contributed by atoms with van der Waals surface area (Å²) in [6, 6.07) is 10.0. The molecule has 0 amide bonds. The Balaban J connectivity index is 1.80. The van der Waals surface area contributed by atoms with Gasteiger partial charge in [-0.15, -0.1) is 0 Å². The number of hydrogen-bond acceptors (Lipinski definition) is 4. The molecule has 0 fully saturated rings. The molecule has 0 radical (unpaired) electrons. The van der Waals surface area contributed by atoms with Crippen LogP contribution in [-0.2, 0) is 6.61 Å². The smallest absolute Gasteiger partial charge is 0.216 e. The van der Waals surface area contributed by atoms with Gasteiger partial charge in [0.15, 0.2) is 5.82 Å². The second-order valence-corrected chi connectivity index (χ2v) is 7.10. The van der Waals surface area contributed by atoms with E-state index in [0.717, 1.165) is 0 Å². The average Bonchev–Trinajstić information content (AvgIpc) is 2.93. The highest BCUT2D eigenvalue weighted by Crippen LogP contribution is 2.28. The fourth-order valence-corrected chi connectivity index (χ4v) is 3.12. The molecule has 0 atom stereocenters. The van der Waals surface area contributed by atoms with Crippen LogP contribution in [0.25, 0.3) is 0 Å². The molecule has 3 rings (SSSR count). The second kappa shape index (κ2) is 8.41. The Labute approximate surface area is 174 Å². The molecule has 10 heteroatoms. The summed E-state index contributed by atoms with van der Waals surface area (Å²) in [5, 5.41) is 13.0. The summed E-state index contributed by atoms with van der Waals surface area (Å²) in [6.45, 7) is 0.0974. The summed E-state index contributed by atoms with van der Waals surface area (Å²) in [5.74, 6) is 0.934. The van der Waals surface area contributed by atoms with Crippen LogP contribution in [0.4, 0.5) is 0 Å². The Hall–Kier alpha value is -1.57. The van der Waals surface area contributed by atoms with Crippen molar-refractivity contribution < 1.29 is 4.74 Å². The van der Waals surface area contributed by atoms with Gasteiger partial charge in [-0.3, -0.25) is 0 Å². The lowest BCUT2D eigenvalue weighted by atomic mass is 10.2. The van der Waals surface area contributed by atoms with Gasteiger partial charge in [0.05, 0.1) is 16.3 Å². The Morgan fingerprint density at radius 1 is 1.08 bits per heavy atom. The summed E-state index contributed by atoms with van der Waals surface area (Å²) < 4.78 is 7.41. The van der Waals surface area contributed by atoms with Crippen molar-refractivity contribution in [2.45, 2.75) is 6.61 Å². The van der Waals surface area contributed by atoms with Gasteiger partial charge in [-0.2, -0.15) is 14.9 Å². The fourth-order valence-electron chi connectivity index (χ4n) is 2.00. The lowest BCUT2D eigenvalue weighted by Crippen LogP contribution is -2.04.